The van der Waals surface area contributed by atoms with Crippen molar-refractivity contribution in [3.8, 4) is 5.75 Å². The van der Waals surface area contributed by atoms with Gasteiger partial charge in [0.1, 0.15) is 18.1 Å². The van der Waals surface area contributed by atoms with Crippen LogP contribution in [0, 0.1) is 0 Å². The SMILES string of the molecule is COc1ccc(Nc2nc(COC(=O)Cc3noc4ccccc34)cs2)cc1. The number of benzene rings is 2. The molecule has 7 nitrogen and oxygen atoms in total. The van der Waals surface area contributed by atoms with Crippen molar-refractivity contribution in [1.82, 2.24) is 10.1 Å². The number of thiazole rings is 1. The van der Waals surface area contributed by atoms with Crippen LogP contribution in [0.15, 0.2) is 58.4 Å². The number of methoxy groups -OCH3 is 1. The van der Waals surface area contributed by atoms with Crippen molar-refractivity contribution in [1.29, 1.82) is 0 Å². The molecule has 0 bridgehead atoms. The highest BCUT2D eigenvalue weighted by molar-refractivity contribution is 7.13. The lowest BCUT2D eigenvalue weighted by Crippen LogP contribution is -2.08. The van der Waals surface area contributed by atoms with E-state index in [-0.39, 0.29) is 19.0 Å². The van der Waals surface area contributed by atoms with Gasteiger partial charge < -0.3 is 19.3 Å². The second kappa shape index (κ2) is 8.10. The number of carbonyl (C=O) groups is 1. The average molecular weight is 395 g/mol. The lowest BCUT2D eigenvalue weighted by molar-refractivity contribution is -0.144. The third-order valence-corrected chi connectivity index (χ3v) is 4.84. The number of anilines is 2. The van der Waals surface area contributed by atoms with Crippen molar-refractivity contribution < 1.29 is 18.8 Å². The van der Waals surface area contributed by atoms with Gasteiger partial charge in [0.15, 0.2) is 10.7 Å². The Bertz CT molecular complexity index is 1090. The van der Waals surface area contributed by atoms with Gasteiger partial charge in [0.25, 0.3) is 0 Å². The maximum Gasteiger partial charge on any atom is 0.312 e. The van der Waals surface area contributed by atoms with Crippen LogP contribution in [0.1, 0.15) is 11.4 Å². The third kappa shape index (κ3) is 4.12. The van der Waals surface area contributed by atoms with Crippen LogP contribution in [0.5, 0.6) is 5.75 Å². The predicted octanol–water partition coefficient (Wildman–Crippen LogP) is 4.32. The van der Waals surface area contributed by atoms with Crippen molar-refractivity contribution in [2.45, 2.75) is 13.0 Å². The summed E-state index contributed by atoms with van der Waals surface area (Å²) in [4.78, 5) is 16.6. The van der Waals surface area contributed by atoms with E-state index in [0.29, 0.717) is 17.0 Å². The zero-order valence-electron chi connectivity index (χ0n) is 15.0. The fraction of sp³-hybridized carbons (Fsp3) is 0.150. The first-order valence-corrected chi connectivity index (χ1v) is 9.43. The molecule has 4 aromatic rings. The molecule has 0 atom stereocenters. The molecule has 28 heavy (non-hydrogen) atoms. The highest BCUT2D eigenvalue weighted by atomic mass is 32.1. The summed E-state index contributed by atoms with van der Waals surface area (Å²) in [7, 11) is 1.63. The van der Waals surface area contributed by atoms with Crippen molar-refractivity contribution in [2.24, 2.45) is 0 Å². The van der Waals surface area contributed by atoms with Gasteiger partial charge in [-0.25, -0.2) is 4.98 Å². The van der Waals surface area contributed by atoms with Crippen LogP contribution in [-0.2, 0) is 22.6 Å². The highest BCUT2D eigenvalue weighted by Crippen LogP contribution is 2.23. The molecule has 0 spiro atoms. The number of hydrogen-bond donors (Lipinski definition) is 1. The van der Waals surface area contributed by atoms with Gasteiger partial charge in [-0.15, -0.1) is 11.3 Å². The fourth-order valence-electron chi connectivity index (χ4n) is 2.64. The molecule has 0 saturated heterocycles. The van der Waals surface area contributed by atoms with Crippen molar-refractivity contribution in [3.05, 3.63) is 65.3 Å². The summed E-state index contributed by atoms with van der Waals surface area (Å²) in [6, 6.07) is 15.0. The Labute approximate surface area is 164 Å². The van der Waals surface area contributed by atoms with Crippen LogP contribution < -0.4 is 10.1 Å². The quantitative estimate of drug-likeness (QED) is 0.466. The monoisotopic (exact) mass is 395 g/mol. The van der Waals surface area contributed by atoms with Crippen molar-refractivity contribution in [3.63, 3.8) is 0 Å². The zero-order chi connectivity index (χ0) is 19.3. The molecule has 1 N–H and O–H groups in total. The minimum absolute atomic E-state index is 0.0537. The summed E-state index contributed by atoms with van der Waals surface area (Å²) in [5.74, 6) is 0.411. The van der Waals surface area contributed by atoms with E-state index in [4.69, 9.17) is 14.0 Å². The first kappa shape index (κ1) is 18.0. The molecular formula is C20H17N3O4S. The Balaban J connectivity index is 1.31. The Morgan fingerprint density at radius 2 is 2.00 bits per heavy atom. The minimum atomic E-state index is -0.378. The predicted molar refractivity (Wildman–Crippen MR) is 106 cm³/mol. The number of nitrogens with zero attached hydrogens (tertiary/aromatic N) is 2. The van der Waals surface area contributed by atoms with Crippen molar-refractivity contribution >= 4 is 39.1 Å². The first-order valence-electron chi connectivity index (χ1n) is 8.55. The highest BCUT2D eigenvalue weighted by Gasteiger charge is 2.14. The minimum Gasteiger partial charge on any atom is -0.497 e. The van der Waals surface area contributed by atoms with E-state index in [2.05, 4.69) is 15.5 Å². The fourth-order valence-corrected chi connectivity index (χ4v) is 3.35. The van der Waals surface area contributed by atoms with Crippen LogP contribution in [0.3, 0.4) is 0 Å². The normalized spacial score (nSPS) is 10.8. The number of nitrogens with one attached hydrogen (secondary N) is 1. The lowest BCUT2D eigenvalue weighted by Gasteiger charge is -2.04. The van der Waals surface area contributed by atoms with Gasteiger partial charge in [-0.05, 0) is 36.4 Å². The van der Waals surface area contributed by atoms with E-state index in [0.717, 1.165) is 22.0 Å². The second-order valence-corrected chi connectivity index (χ2v) is 6.82. The van der Waals surface area contributed by atoms with Gasteiger partial charge in [-0.2, -0.15) is 0 Å². The Hall–Kier alpha value is -3.39. The van der Waals surface area contributed by atoms with Gasteiger partial charge in [-0.3, -0.25) is 4.79 Å². The number of esters is 1. The van der Waals surface area contributed by atoms with Gasteiger partial charge in [0.05, 0.1) is 19.2 Å². The number of aromatic nitrogens is 2. The smallest absolute Gasteiger partial charge is 0.312 e. The van der Waals surface area contributed by atoms with Crippen LogP contribution in [0.4, 0.5) is 10.8 Å². The number of carbonyl (C=O) groups excluding carboxylic acids is 1. The van der Waals surface area contributed by atoms with E-state index in [1.165, 1.54) is 11.3 Å². The van der Waals surface area contributed by atoms with Crippen molar-refractivity contribution in [2.75, 3.05) is 12.4 Å². The summed E-state index contributed by atoms with van der Waals surface area (Å²) in [6.45, 7) is 0.107. The standard InChI is InChI=1S/C20H17N3O4S/c1-25-15-8-6-13(7-9-15)21-20-22-14(12-28-20)11-26-19(24)10-17-16-4-2-3-5-18(16)27-23-17/h2-9,12H,10-11H2,1H3,(H,21,22). The maximum atomic E-state index is 12.1. The third-order valence-electron chi connectivity index (χ3n) is 4.04. The van der Waals surface area contributed by atoms with E-state index in [9.17, 15) is 4.79 Å². The molecule has 0 unspecified atom stereocenters. The van der Waals surface area contributed by atoms with Crippen LogP contribution >= 0.6 is 11.3 Å². The lowest BCUT2D eigenvalue weighted by atomic mass is 10.2. The van der Waals surface area contributed by atoms with Crippen LogP contribution in [0.2, 0.25) is 0 Å². The average Bonchev–Trinajstić information content (AvgIpc) is 3.34. The van der Waals surface area contributed by atoms with E-state index >= 15 is 0 Å². The number of para-hydroxylation sites is 1. The second-order valence-electron chi connectivity index (χ2n) is 5.96. The van der Waals surface area contributed by atoms with Gasteiger partial charge in [0.2, 0.25) is 0 Å². The summed E-state index contributed by atoms with van der Waals surface area (Å²) >= 11 is 1.44. The molecule has 0 aliphatic carbocycles. The number of hydrogen-bond acceptors (Lipinski definition) is 8. The Morgan fingerprint density at radius 1 is 1.18 bits per heavy atom. The van der Waals surface area contributed by atoms with Crippen LogP contribution in [-0.4, -0.2) is 23.2 Å². The van der Waals surface area contributed by atoms with E-state index < -0.39 is 0 Å². The van der Waals surface area contributed by atoms with Gasteiger partial charge in [0, 0.05) is 16.5 Å². The van der Waals surface area contributed by atoms with E-state index in [1.54, 1.807) is 7.11 Å². The summed E-state index contributed by atoms with van der Waals surface area (Å²) in [5, 5.41) is 10.5. The maximum absolute atomic E-state index is 12.1. The number of rotatable bonds is 7. The molecule has 2 aromatic heterocycles. The molecule has 4 rings (SSSR count). The summed E-state index contributed by atoms with van der Waals surface area (Å²) in [6.07, 6.45) is 0.0537. The van der Waals surface area contributed by atoms with Gasteiger partial charge >= 0.3 is 5.97 Å². The van der Waals surface area contributed by atoms with Gasteiger partial charge in [-0.1, -0.05) is 17.3 Å². The summed E-state index contributed by atoms with van der Waals surface area (Å²) in [5.41, 5.74) is 2.80. The molecule has 0 radical (unpaired) electrons. The summed E-state index contributed by atoms with van der Waals surface area (Å²) < 4.78 is 15.7. The molecular weight excluding hydrogens is 378 g/mol. The number of fused-ring (bicyclic) bond motifs is 1. The first-order chi connectivity index (χ1) is 13.7. The molecule has 0 saturated carbocycles. The molecule has 0 fully saturated rings. The van der Waals surface area contributed by atoms with Crippen LogP contribution in [0.25, 0.3) is 11.0 Å². The largest absolute Gasteiger partial charge is 0.497 e. The molecule has 0 aliphatic heterocycles. The Morgan fingerprint density at radius 3 is 2.82 bits per heavy atom. The molecule has 2 aromatic carbocycles. The zero-order valence-corrected chi connectivity index (χ0v) is 15.9. The van der Waals surface area contributed by atoms with E-state index in [1.807, 2.05) is 53.9 Å². The topological polar surface area (TPSA) is 86.5 Å². The molecule has 0 aliphatic rings. The Kier molecular flexibility index (Phi) is 5.20. The molecule has 2 heterocycles. The number of ether oxygens (including phenoxy) is 2. The molecule has 0 amide bonds. The molecule has 142 valence electrons. The molecule has 8 heteroatoms.